The Hall–Kier alpha value is -1.08. The summed E-state index contributed by atoms with van der Waals surface area (Å²) in [6, 6.07) is 10.6. The number of hydrogen-bond donors (Lipinski definition) is 0. The molecule has 118 valence electrons. The third kappa shape index (κ3) is 10.3. The fraction of sp³-hybridized carbons (Fsp3) is 0.600. The Morgan fingerprint density at radius 1 is 0.952 bits per heavy atom. The van der Waals surface area contributed by atoms with Gasteiger partial charge in [-0.25, -0.2) is 0 Å². The van der Waals surface area contributed by atoms with Gasteiger partial charge < -0.3 is 4.74 Å². The first-order chi connectivity index (χ1) is 10.2. The number of ether oxygens (including phenoxy) is 1. The molecule has 21 heavy (non-hydrogen) atoms. The molecule has 0 saturated heterocycles. The second-order valence-corrected chi connectivity index (χ2v) is 6.31. The number of hydrogen-bond acceptors (Lipinski definition) is 1. The van der Waals surface area contributed by atoms with Crippen molar-refractivity contribution in [3.05, 3.63) is 48.0 Å². The zero-order chi connectivity index (χ0) is 15.3. The molecule has 0 N–H and O–H groups in total. The summed E-state index contributed by atoms with van der Waals surface area (Å²) < 4.78 is 5.85. The molecule has 0 saturated carbocycles. The van der Waals surface area contributed by atoms with E-state index in [2.05, 4.69) is 63.3 Å². The van der Waals surface area contributed by atoms with E-state index in [1.54, 1.807) is 0 Å². The highest BCUT2D eigenvalue weighted by atomic mass is 16.5. The van der Waals surface area contributed by atoms with E-state index in [1.165, 1.54) is 24.8 Å². The Kier molecular flexibility index (Phi) is 9.90. The average molecular weight is 288 g/mol. The number of allylic oxidation sites excluding steroid dienone is 2. The molecule has 1 rings (SSSR count). The topological polar surface area (TPSA) is 9.23 Å². The first-order valence-electron chi connectivity index (χ1n) is 8.49. The highest BCUT2D eigenvalue weighted by Gasteiger charge is 2.02. The van der Waals surface area contributed by atoms with Gasteiger partial charge in [-0.1, -0.05) is 69.2 Å². The van der Waals surface area contributed by atoms with Crippen LogP contribution in [0.5, 0.6) is 0 Å². The maximum absolute atomic E-state index is 5.85. The lowest BCUT2D eigenvalue weighted by atomic mass is 10.0. The van der Waals surface area contributed by atoms with Crippen molar-refractivity contribution in [1.82, 2.24) is 0 Å². The van der Waals surface area contributed by atoms with Crippen LogP contribution in [0.2, 0.25) is 0 Å². The summed E-state index contributed by atoms with van der Waals surface area (Å²) in [7, 11) is 0. The summed E-state index contributed by atoms with van der Waals surface area (Å²) in [6.07, 6.45) is 12.0. The Labute approximate surface area is 131 Å². The first-order valence-corrected chi connectivity index (χ1v) is 8.49. The van der Waals surface area contributed by atoms with Crippen LogP contribution in [-0.4, -0.2) is 12.7 Å². The maximum Gasteiger partial charge on any atom is 0.0547 e. The molecule has 0 radical (unpaired) electrons. The minimum absolute atomic E-state index is 0.414. The fourth-order valence-corrected chi connectivity index (χ4v) is 2.33. The van der Waals surface area contributed by atoms with Gasteiger partial charge in [-0.15, -0.1) is 0 Å². The van der Waals surface area contributed by atoms with Gasteiger partial charge in [-0.3, -0.25) is 0 Å². The van der Waals surface area contributed by atoms with Crippen molar-refractivity contribution < 1.29 is 4.74 Å². The number of unbranched alkanes of at least 4 members (excludes halogenated alkanes) is 1. The Morgan fingerprint density at radius 3 is 2.43 bits per heavy atom. The molecule has 0 aromatic heterocycles. The van der Waals surface area contributed by atoms with Crippen LogP contribution in [0.25, 0.3) is 0 Å². The quantitative estimate of drug-likeness (QED) is 0.369. The molecular weight excluding hydrogens is 256 g/mol. The Bertz CT molecular complexity index is 367. The molecule has 0 aliphatic rings. The predicted octanol–water partition coefficient (Wildman–Crippen LogP) is 5.80. The minimum Gasteiger partial charge on any atom is -0.378 e. The van der Waals surface area contributed by atoms with Gasteiger partial charge in [0.15, 0.2) is 0 Å². The van der Waals surface area contributed by atoms with Crippen molar-refractivity contribution in [2.75, 3.05) is 6.61 Å². The lowest BCUT2D eigenvalue weighted by molar-refractivity contribution is 0.0568. The number of benzene rings is 1. The molecule has 0 amide bonds. The molecule has 0 bridgehead atoms. The monoisotopic (exact) mass is 288 g/mol. The van der Waals surface area contributed by atoms with E-state index in [0.29, 0.717) is 6.10 Å². The number of rotatable bonds is 11. The molecule has 1 atom stereocenters. The van der Waals surface area contributed by atoms with Gasteiger partial charge in [0.25, 0.3) is 0 Å². The van der Waals surface area contributed by atoms with Crippen LogP contribution in [0.4, 0.5) is 0 Å². The van der Waals surface area contributed by atoms with Gasteiger partial charge in [0.1, 0.15) is 0 Å². The highest BCUT2D eigenvalue weighted by Crippen LogP contribution is 2.10. The molecule has 1 aromatic rings. The van der Waals surface area contributed by atoms with Crippen molar-refractivity contribution in [3.63, 3.8) is 0 Å². The molecule has 1 aromatic carbocycles. The van der Waals surface area contributed by atoms with E-state index in [1.807, 2.05) is 0 Å². The summed E-state index contributed by atoms with van der Waals surface area (Å²) in [6.45, 7) is 7.66. The summed E-state index contributed by atoms with van der Waals surface area (Å²) in [4.78, 5) is 0. The van der Waals surface area contributed by atoms with Crippen molar-refractivity contribution in [1.29, 1.82) is 0 Å². The average Bonchev–Trinajstić information content (AvgIpc) is 2.47. The van der Waals surface area contributed by atoms with Crippen LogP contribution in [-0.2, 0) is 11.2 Å². The van der Waals surface area contributed by atoms with Crippen LogP contribution in [0.15, 0.2) is 42.5 Å². The van der Waals surface area contributed by atoms with Crippen molar-refractivity contribution >= 4 is 0 Å². The zero-order valence-corrected chi connectivity index (χ0v) is 14.1. The van der Waals surface area contributed by atoms with Crippen molar-refractivity contribution in [2.24, 2.45) is 5.92 Å². The molecule has 1 heteroatoms. The fourth-order valence-electron chi connectivity index (χ4n) is 2.33. The smallest absolute Gasteiger partial charge is 0.0547 e. The predicted molar refractivity (Wildman–Crippen MR) is 92.6 cm³/mol. The molecule has 1 unspecified atom stereocenters. The van der Waals surface area contributed by atoms with Crippen LogP contribution >= 0.6 is 0 Å². The Balaban J connectivity index is 1.96. The molecule has 0 fully saturated rings. The van der Waals surface area contributed by atoms with Crippen LogP contribution in [0.3, 0.4) is 0 Å². The third-order valence-electron chi connectivity index (χ3n) is 3.67. The van der Waals surface area contributed by atoms with Crippen LogP contribution in [0, 0.1) is 5.92 Å². The summed E-state index contributed by atoms with van der Waals surface area (Å²) in [5.41, 5.74) is 1.38. The standard InChI is InChI=1S/C20H32O/c1-18(2)12-11-13-19(3)21-17-10-5-4-7-14-20-15-8-6-9-16-20/h4,6-9,15-16,18-19H,5,10-14,17H2,1-3H3. The largest absolute Gasteiger partial charge is 0.378 e. The molecular formula is C20H32O. The summed E-state index contributed by atoms with van der Waals surface area (Å²) in [5.74, 6) is 0.812. The maximum atomic E-state index is 5.85. The van der Waals surface area contributed by atoms with Gasteiger partial charge in [0, 0.05) is 6.61 Å². The lowest BCUT2D eigenvalue weighted by Gasteiger charge is -2.13. The summed E-state index contributed by atoms with van der Waals surface area (Å²) >= 11 is 0. The Morgan fingerprint density at radius 2 is 1.71 bits per heavy atom. The first kappa shape index (κ1) is 18.0. The van der Waals surface area contributed by atoms with E-state index in [4.69, 9.17) is 4.74 Å². The van der Waals surface area contributed by atoms with Crippen molar-refractivity contribution in [3.8, 4) is 0 Å². The molecule has 1 nitrogen and oxygen atoms in total. The molecule has 0 aliphatic carbocycles. The second kappa shape index (κ2) is 11.6. The van der Waals surface area contributed by atoms with E-state index in [0.717, 1.165) is 31.8 Å². The van der Waals surface area contributed by atoms with Crippen molar-refractivity contribution in [2.45, 2.75) is 65.4 Å². The van der Waals surface area contributed by atoms with E-state index in [-0.39, 0.29) is 0 Å². The third-order valence-corrected chi connectivity index (χ3v) is 3.67. The van der Waals surface area contributed by atoms with Gasteiger partial charge >= 0.3 is 0 Å². The van der Waals surface area contributed by atoms with Gasteiger partial charge in [0.05, 0.1) is 6.10 Å². The van der Waals surface area contributed by atoms with E-state index >= 15 is 0 Å². The molecule has 0 spiro atoms. The van der Waals surface area contributed by atoms with Crippen LogP contribution < -0.4 is 0 Å². The van der Waals surface area contributed by atoms with Gasteiger partial charge in [-0.2, -0.15) is 0 Å². The van der Waals surface area contributed by atoms with E-state index in [9.17, 15) is 0 Å². The molecule has 0 aliphatic heterocycles. The van der Waals surface area contributed by atoms with E-state index < -0.39 is 0 Å². The second-order valence-electron chi connectivity index (χ2n) is 6.31. The van der Waals surface area contributed by atoms with Gasteiger partial charge in [-0.05, 0) is 44.1 Å². The molecule has 0 heterocycles. The highest BCUT2D eigenvalue weighted by molar-refractivity contribution is 5.17. The van der Waals surface area contributed by atoms with Gasteiger partial charge in [0.2, 0.25) is 0 Å². The van der Waals surface area contributed by atoms with Crippen LogP contribution in [0.1, 0.15) is 58.4 Å². The zero-order valence-electron chi connectivity index (χ0n) is 14.1. The normalized spacial score (nSPS) is 13.1. The lowest BCUT2D eigenvalue weighted by Crippen LogP contribution is -2.09. The SMILES string of the molecule is CC(C)CCCC(C)OCCCC=CCc1ccccc1. The summed E-state index contributed by atoms with van der Waals surface area (Å²) in [5, 5.41) is 0. The minimum atomic E-state index is 0.414.